The Hall–Kier alpha value is -3.40. The van der Waals surface area contributed by atoms with Crippen molar-refractivity contribution in [1.82, 2.24) is 14.8 Å². The SMILES string of the molecule is CC(OC(=O)c1ccc(-n2cccn2)nc1)C(=O)Nc1ccc(Cl)cc1C(F)(F)F. The monoisotopic (exact) mass is 438 g/mol. The van der Waals surface area contributed by atoms with Crippen molar-refractivity contribution in [2.24, 2.45) is 0 Å². The molecule has 2 aromatic heterocycles. The molecule has 0 spiro atoms. The summed E-state index contributed by atoms with van der Waals surface area (Å²) < 4.78 is 45.9. The number of carbonyl (C=O) groups is 2. The van der Waals surface area contributed by atoms with E-state index in [2.05, 4.69) is 15.4 Å². The molecule has 0 radical (unpaired) electrons. The van der Waals surface area contributed by atoms with Crippen molar-refractivity contribution in [3.63, 3.8) is 0 Å². The maximum Gasteiger partial charge on any atom is 0.418 e. The first kappa shape index (κ1) is 21.3. The summed E-state index contributed by atoms with van der Waals surface area (Å²) >= 11 is 5.61. The smallest absolute Gasteiger partial charge is 0.418 e. The molecule has 11 heteroatoms. The van der Waals surface area contributed by atoms with E-state index in [9.17, 15) is 22.8 Å². The zero-order chi connectivity index (χ0) is 21.9. The molecule has 0 aliphatic heterocycles. The highest BCUT2D eigenvalue weighted by molar-refractivity contribution is 6.30. The maximum atomic E-state index is 13.1. The minimum atomic E-state index is -4.73. The number of hydrogen-bond acceptors (Lipinski definition) is 5. The lowest BCUT2D eigenvalue weighted by Crippen LogP contribution is -2.30. The first-order valence-corrected chi connectivity index (χ1v) is 8.87. The number of nitrogens with one attached hydrogen (secondary N) is 1. The lowest BCUT2D eigenvalue weighted by Gasteiger charge is -2.17. The van der Waals surface area contributed by atoms with Gasteiger partial charge in [-0.1, -0.05) is 11.6 Å². The van der Waals surface area contributed by atoms with Crippen molar-refractivity contribution in [3.05, 3.63) is 71.1 Å². The van der Waals surface area contributed by atoms with E-state index < -0.39 is 35.4 Å². The predicted octanol–water partition coefficient (Wildman–Crippen LogP) is 4.12. The summed E-state index contributed by atoms with van der Waals surface area (Å²) in [6, 6.07) is 7.58. The molecule has 1 aromatic carbocycles. The van der Waals surface area contributed by atoms with E-state index >= 15 is 0 Å². The zero-order valence-corrected chi connectivity index (χ0v) is 16.1. The van der Waals surface area contributed by atoms with Gasteiger partial charge >= 0.3 is 12.1 Å². The van der Waals surface area contributed by atoms with E-state index in [4.69, 9.17) is 16.3 Å². The van der Waals surface area contributed by atoms with Crippen LogP contribution in [0, 0.1) is 0 Å². The number of nitrogens with zero attached hydrogens (tertiary/aromatic N) is 3. The fourth-order valence-electron chi connectivity index (χ4n) is 2.42. The number of esters is 1. The molecule has 0 saturated carbocycles. The summed E-state index contributed by atoms with van der Waals surface area (Å²) in [7, 11) is 0. The van der Waals surface area contributed by atoms with Crippen LogP contribution in [0.2, 0.25) is 5.02 Å². The molecule has 1 amide bonds. The third-order valence-corrected chi connectivity index (χ3v) is 4.16. The van der Waals surface area contributed by atoms with Crippen LogP contribution in [-0.4, -0.2) is 32.7 Å². The number of pyridine rings is 1. The van der Waals surface area contributed by atoms with Crippen LogP contribution >= 0.6 is 11.6 Å². The third-order valence-electron chi connectivity index (χ3n) is 3.92. The van der Waals surface area contributed by atoms with Gasteiger partial charge in [-0.2, -0.15) is 18.3 Å². The van der Waals surface area contributed by atoms with Gasteiger partial charge in [-0.25, -0.2) is 14.5 Å². The molecule has 156 valence electrons. The van der Waals surface area contributed by atoms with Gasteiger partial charge in [-0.3, -0.25) is 4.79 Å². The number of benzene rings is 1. The standard InChI is InChI=1S/C19H14ClF3N4O3/c1-11(17(28)26-15-5-4-13(20)9-14(15)19(21,22)23)30-18(29)12-3-6-16(24-10-12)27-8-2-7-25-27/h2-11H,1H3,(H,26,28). The largest absolute Gasteiger partial charge is 0.449 e. The molecular weight excluding hydrogens is 425 g/mol. The Labute approximate surface area is 173 Å². The number of aromatic nitrogens is 3. The van der Waals surface area contributed by atoms with Crippen molar-refractivity contribution in [1.29, 1.82) is 0 Å². The Morgan fingerprint density at radius 1 is 1.23 bits per heavy atom. The van der Waals surface area contributed by atoms with Crippen molar-refractivity contribution in [2.75, 3.05) is 5.32 Å². The Morgan fingerprint density at radius 2 is 2.00 bits per heavy atom. The molecule has 0 aliphatic rings. The number of amides is 1. The van der Waals surface area contributed by atoms with Crippen molar-refractivity contribution < 1.29 is 27.5 Å². The minimum absolute atomic E-state index is 0.0630. The summed E-state index contributed by atoms with van der Waals surface area (Å²) in [6.07, 6.45) is -1.62. The van der Waals surface area contributed by atoms with E-state index in [1.165, 1.54) is 36.0 Å². The molecule has 0 saturated heterocycles. The van der Waals surface area contributed by atoms with Gasteiger partial charge in [0, 0.05) is 23.6 Å². The van der Waals surface area contributed by atoms with Crippen LogP contribution in [0.5, 0.6) is 0 Å². The van der Waals surface area contributed by atoms with Crippen LogP contribution < -0.4 is 5.32 Å². The number of halogens is 4. The van der Waals surface area contributed by atoms with E-state index in [1.807, 2.05) is 0 Å². The lowest BCUT2D eigenvalue weighted by atomic mass is 10.1. The quantitative estimate of drug-likeness (QED) is 0.605. The van der Waals surface area contributed by atoms with Crippen LogP contribution in [0.3, 0.4) is 0 Å². The molecule has 1 atom stereocenters. The highest BCUT2D eigenvalue weighted by atomic mass is 35.5. The third kappa shape index (κ3) is 4.95. The van der Waals surface area contributed by atoms with Crippen LogP contribution in [0.4, 0.5) is 18.9 Å². The number of ether oxygens (including phenoxy) is 1. The van der Waals surface area contributed by atoms with Gasteiger partial charge in [0.2, 0.25) is 0 Å². The topological polar surface area (TPSA) is 86.1 Å². The summed E-state index contributed by atoms with van der Waals surface area (Å²) in [5.41, 5.74) is -1.54. The Balaban J connectivity index is 1.67. The van der Waals surface area contributed by atoms with Crippen molar-refractivity contribution >= 4 is 29.2 Å². The van der Waals surface area contributed by atoms with E-state index in [1.54, 1.807) is 18.5 Å². The van der Waals surface area contributed by atoms with Crippen LogP contribution in [0.1, 0.15) is 22.8 Å². The Bertz CT molecular complexity index is 1050. The second-order valence-corrected chi connectivity index (χ2v) is 6.52. The van der Waals surface area contributed by atoms with Gasteiger partial charge in [-0.05, 0) is 43.3 Å². The average Bonchev–Trinajstić information content (AvgIpc) is 3.23. The average molecular weight is 439 g/mol. The highest BCUT2D eigenvalue weighted by Crippen LogP contribution is 2.36. The molecule has 3 aromatic rings. The van der Waals surface area contributed by atoms with E-state index in [0.717, 1.165) is 6.07 Å². The van der Waals surface area contributed by atoms with Crippen molar-refractivity contribution in [3.8, 4) is 5.82 Å². The summed E-state index contributed by atoms with van der Waals surface area (Å²) in [4.78, 5) is 28.5. The summed E-state index contributed by atoms with van der Waals surface area (Å²) in [5.74, 6) is -1.33. The highest BCUT2D eigenvalue weighted by Gasteiger charge is 2.34. The molecule has 3 rings (SSSR count). The molecule has 0 fully saturated rings. The van der Waals surface area contributed by atoms with Gasteiger partial charge in [0.05, 0.1) is 16.8 Å². The Kier molecular flexibility index (Phi) is 6.06. The fourth-order valence-corrected chi connectivity index (χ4v) is 2.60. The van der Waals surface area contributed by atoms with Gasteiger partial charge < -0.3 is 10.1 Å². The zero-order valence-electron chi connectivity index (χ0n) is 15.4. The normalized spacial score (nSPS) is 12.3. The summed E-state index contributed by atoms with van der Waals surface area (Å²) in [6.45, 7) is 1.24. The molecule has 30 heavy (non-hydrogen) atoms. The first-order valence-electron chi connectivity index (χ1n) is 8.50. The van der Waals surface area contributed by atoms with Crippen LogP contribution in [-0.2, 0) is 15.7 Å². The second kappa shape index (κ2) is 8.54. The number of hydrogen-bond donors (Lipinski definition) is 1. The first-order chi connectivity index (χ1) is 14.1. The van der Waals surface area contributed by atoms with E-state index in [0.29, 0.717) is 11.9 Å². The lowest BCUT2D eigenvalue weighted by molar-refractivity contribution is -0.137. The van der Waals surface area contributed by atoms with Gasteiger partial charge in [0.15, 0.2) is 11.9 Å². The fraction of sp³-hybridized carbons (Fsp3) is 0.158. The van der Waals surface area contributed by atoms with Crippen LogP contribution in [0.15, 0.2) is 55.0 Å². The Morgan fingerprint density at radius 3 is 2.60 bits per heavy atom. The van der Waals surface area contributed by atoms with Gasteiger partial charge in [-0.15, -0.1) is 0 Å². The number of anilines is 1. The van der Waals surface area contributed by atoms with E-state index in [-0.39, 0.29) is 10.6 Å². The summed E-state index contributed by atoms with van der Waals surface area (Å²) in [5, 5.41) is 5.97. The predicted molar refractivity (Wildman–Crippen MR) is 101 cm³/mol. The minimum Gasteiger partial charge on any atom is -0.449 e. The number of rotatable bonds is 5. The number of alkyl halides is 3. The number of carbonyl (C=O) groups excluding carboxylic acids is 2. The molecule has 2 heterocycles. The van der Waals surface area contributed by atoms with Crippen LogP contribution in [0.25, 0.3) is 5.82 Å². The van der Waals surface area contributed by atoms with Crippen molar-refractivity contribution in [2.45, 2.75) is 19.2 Å². The molecular formula is C19H14ClF3N4O3. The van der Waals surface area contributed by atoms with Gasteiger partial charge in [0.1, 0.15) is 0 Å². The molecule has 1 N–H and O–H groups in total. The van der Waals surface area contributed by atoms with Gasteiger partial charge in [0.25, 0.3) is 5.91 Å². The maximum absolute atomic E-state index is 13.1. The molecule has 0 aliphatic carbocycles. The molecule has 0 bridgehead atoms. The second-order valence-electron chi connectivity index (χ2n) is 6.08. The molecule has 7 nitrogen and oxygen atoms in total. The molecule has 1 unspecified atom stereocenters.